The number of nitrogens with two attached hydrogens (primary N) is 1. The van der Waals surface area contributed by atoms with Crippen LogP contribution in [0.2, 0.25) is 0 Å². The van der Waals surface area contributed by atoms with Gasteiger partial charge in [0.2, 0.25) is 5.95 Å². The van der Waals surface area contributed by atoms with Gasteiger partial charge in [-0.05, 0) is 0 Å². The number of hydrogen-bond acceptors (Lipinski definition) is 8. The fraction of sp³-hybridized carbons (Fsp3) is 0.538. The van der Waals surface area contributed by atoms with Gasteiger partial charge in [-0.3, -0.25) is 14.3 Å². The SMILES string of the molecule is N#CCCn1c(=O)n(C2OC(CO)CC2O)c2nc(N)[nH]c(=O)c21. The average molecular weight is 336 g/mol. The van der Waals surface area contributed by atoms with Crippen LogP contribution in [0.15, 0.2) is 9.59 Å². The summed E-state index contributed by atoms with van der Waals surface area (Å²) < 4.78 is 7.63. The number of imidazole rings is 1. The fourth-order valence-electron chi connectivity index (χ4n) is 2.88. The van der Waals surface area contributed by atoms with E-state index in [-0.39, 0.29) is 43.1 Å². The number of hydrogen-bond donors (Lipinski definition) is 4. The van der Waals surface area contributed by atoms with E-state index in [4.69, 9.17) is 15.7 Å². The molecule has 11 heteroatoms. The molecule has 3 rings (SSSR count). The molecular formula is C13H16N6O5. The largest absolute Gasteiger partial charge is 0.394 e. The Balaban J connectivity index is 2.25. The van der Waals surface area contributed by atoms with Crippen molar-refractivity contribution in [2.45, 2.75) is 37.8 Å². The van der Waals surface area contributed by atoms with Crippen molar-refractivity contribution in [1.29, 1.82) is 5.26 Å². The maximum absolute atomic E-state index is 12.7. The molecule has 1 aliphatic rings. The standard InChI is InChI=1S/C13H16N6O5/c14-2-1-3-18-8-9(16-12(15)17-10(8)22)19(13(18)23)11-7(21)4-6(5-20)24-11/h6-7,11,20-21H,1,3-5H2,(H3,15,16,17,22). The maximum Gasteiger partial charge on any atom is 0.332 e. The van der Waals surface area contributed by atoms with Crippen LogP contribution in [0.5, 0.6) is 0 Å². The van der Waals surface area contributed by atoms with Gasteiger partial charge in [0.05, 0.1) is 25.2 Å². The third-order valence-corrected chi connectivity index (χ3v) is 3.90. The number of anilines is 1. The number of aryl methyl sites for hydroxylation is 1. The van der Waals surface area contributed by atoms with E-state index < -0.39 is 29.7 Å². The number of aromatic amines is 1. The summed E-state index contributed by atoms with van der Waals surface area (Å²) >= 11 is 0. The van der Waals surface area contributed by atoms with Gasteiger partial charge in [0, 0.05) is 13.0 Å². The van der Waals surface area contributed by atoms with Crippen molar-refractivity contribution < 1.29 is 14.9 Å². The molecule has 0 amide bonds. The van der Waals surface area contributed by atoms with Crippen LogP contribution in [0.4, 0.5) is 5.95 Å². The van der Waals surface area contributed by atoms with Crippen LogP contribution in [0, 0.1) is 11.3 Å². The molecule has 0 bridgehead atoms. The lowest BCUT2D eigenvalue weighted by atomic mass is 10.2. The minimum Gasteiger partial charge on any atom is -0.394 e. The van der Waals surface area contributed by atoms with Gasteiger partial charge in [0.1, 0.15) is 6.10 Å². The summed E-state index contributed by atoms with van der Waals surface area (Å²) in [5.74, 6) is -0.190. The molecule has 1 aliphatic heterocycles. The van der Waals surface area contributed by atoms with Crippen LogP contribution in [-0.2, 0) is 11.3 Å². The summed E-state index contributed by atoms with van der Waals surface area (Å²) in [5, 5.41) is 28.1. The maximum atomic E-state index is 12.7. The number of nitrogen functional groups attached to an aromatic ring is 1. The Bertz CT molecular complexity index is 922. The van der Waals surface area contributed by atoms with Gasteiger partial charge < -0.3 is 20.7 Å². The monoisotopic (exact) mass is 336 g/mol. The molecule has 0 spiro atoms. The summed E-state index contributed by atoms with van der Waals surface area (Å²) in [5.41, 5.74) is 4.19. The zero-order valence-corrected chi connectivity index (χ0v) is 12.5. The lowest BCUT2D eigenvalue weighted by molar-refractivity contribution is -0.0505. The van der Waals surface area contributed by atoms with Crippen molar-refractivity contribution in [2.75, 3.05) is 12.3 Å². The van der Waals surface area contributed by atoms with Crippen LogP contribution < -0.4 is 17.0 Å². The van der Waals surface area contributed by atoms with Crippen LogP contribution in [0.1, 0.15) is 19.1 Å². The molecule has 5 N–H and O–H groups in total. The first-order chi connectivity index (χ1) is 11.5. The zero-order valence-electron chi connectivity index (χ0n) is 12.5. The Hall–Kier alpha value is -2.68. The number of aliphatic hydroxyl groups is 2. The van der Waals surface area contributed by atoms with E-state index in [2.05, 4.69) is 9.97 Å². The third-order valence-electron chi connectivity index (χ3n) is 3.90. The second-order valence-corrected chi connectivity index (χ2v) is 5.47. The summed E-state index contributed by atoms with van der Waals surface area (Å²) in [6.07, 6.45) is -2.65. The molecule has 1 saturated heterocycles. The molecule has 0 saturated carbocycles. The Kier molecular flexibility index (Phi) is 4.10. The van der Waals surface area contributed by atoms with Gasteiger partial charge in [-0.1, -0.05) is 0 Å². The number of aliphatic hydroxyl groups excluding tert-OH is 2. The van der Waals surface area contributed by atoms with Crippen LogP contribution in [0.25, 0.3) is 11.2 Å². The van der Waals surface area contributed by atoms with Crippen LogP contribution in [-0.4, -0.2) is 48.1 Å². The normalized spacial score (nSPS) is 23.6. The highest BCUT2D eigenvalue weighted by Crippen LogP contribution is 2.29. The number of fused-ring (bicyclic) bond motifs is 1. The number of nitrogens with zero attached hydrogens (tertiary/aromatic N) is 4. The fourth-order valence-corrected chi connectivity index (χ4v) is 2.88. The molecule has 0 aromatic carbocycles. The molecule has 128 valence electrons. The molecule has 2 aromatic rings. The lowest BCUT2D eigenvalue weighted by Gasteiger charge is -2.15. The summed E-state index contributed by atoms with van der Waals surface area (Å²) in [6.45, 7) is -0.328. The molecule has 3 atom stereocenters. The van der Waals surface area contributed by atoms with Crippen molar-refractivity contribution in [3.05, 3.63) is 20.8 Å². The first-order valence-electron chi connectivity index (χ1n) is 7.29. The highest BCUT2D eigenvalue weighted by molar-refractivity contribution is 5.71. The smallest absolute Gasteiger partial charge is 0.332 e. The zero-order chi connectivity index (χ0) is 17.4. The second-order valence-electron chi connectivity index (χ2n) is 5.47. The summed E-state index contributed by atoms with van der Waals surface area (Å²) in [6, 6.07) is 1.90. The van der Waals surface area contributed by atoms with Crippen LogP contribution >= 0.6 is 0 Å². The predicted molar refractivity (Wildman–Crippen MR) is 80.9 cm³/mol. The van der Waals surface area contributed by atoms with Crippen molar-refractivity contribution >= 4 is 17.1 Å². The van der Waals surface area contributed by atoms with Crippen LogP contribution in [0.3, 0.4) is 0 Å². The van der Waals surface area contributed by atoms with Crippen molar-refractivity contribution in [3.8, 4) is 6.07 Å². The second kappa shape index (κ2) is 6.08. The van der Waals surface area contributed by atoms with Gasteiger partial charge in [-0.15, -0.1) is 0 Å². The third kappa shape index (κ3) is 2.46. The molecule has 3 heterocycles. The summed E-state index contributed by atoms with van der Waals surface area (Å²) in [7, 11) is 0. The van der Waals surface area contributed by atoms with E-state index in [1.165, 1.54) is 0 Å². The Morgan fingerprint density at radius 2 is 2.25 bits per heavy atom. The van der Waals surface area contributed by atoms with E-state index in [0.717, 1.165) is 9.13 Å². The minimum absolute atomic E-state index is 0.0101. The molecular weight excluding hydrogens is 320 g/mol. The topological polar surface area (TPSA) is 172 Å². The van der Waals surface area contributed by atoms with Gasteiger partial charge in [-0.25, -0.2) is 9.36 Å². The quantitative estimate of drug-likeness (QED) is 0.497. The Morgan fingerprint density at radius 3 is 2.88 bits per heavy atom. The van der Waals surface area contributed by atoms with E-state index in [1.54, 1.807) is 0 Å². The highest BCUT2D eigenvalue weighted by Gasteiger charge is 2.38. The molecule has 0 aliphatic carbocycles. The number of nitriles is 1. The first kappa shape index (κ1) is 16.2. The van der Waals surface area contributed by atoms with E-state index in [0.29, 0.717) is 0 Å². The number of aromatic nitrogens is 4. The van der Waals surface area contributed by atoms with E-state index >= 15 is 0 Å². The van der Waals surface area contributed by atoms with E-state index in [9.17, 15) is 19.8 Å². The highest BCUT2D eigenvalue weighted by atomic mass is 16.5. The minimum atomic E-state index is -1.10. The average Bonchev–Trinajstić information content (AvgIpc) is 3.02. The Labute approximate surface area is 134 Å². The Morgan fingerprint density at radius 1 is 1.50 bits per heavy atom. The number of rotatable bonds is 4. The molecule has 24 heavy (non-hydrogen) atoms. The van der Waals surface area contributed by atoms with Crippen molar-refractivity contribution in [2.24, 2.45) is 0 Å². The van der Waals surface area contributed by atoms with E-state index in [1.807, 2.05) is 6.07 Å². The van der Waals surface area contributed by atoms with Gasteiger partial charge >= 0.3 is 5.69 Å². The lowest BCUT2D eigenvalue weighted by Crippen LogP contribution is -2.32. The number of nitrogens with one attached hydrogen (secondary N) is 1. The molecule has 11 nitrogen and oxygen atoms in total. The van der Waals surface area contributed by atoms with Crippen molar-refractivity contribution in [1.82, 2.24) is 19.1 Å². The predicted octanol–water partition coefficient (Wildman–Crippen LogP) is -1.98. The molecule has 0 radical (unpaired) electrons. The van der Waals surface area contributed by atoms with Gasteiger partial charge in [0.25, 0.3) is 5.56 Å². The summed E-state index contributed by atoms with van der Waals surface area (Å²) in [4.78, 5) is 31.2. The molecule has 1 fully saturated rings. The van der Waals surface area contributed by atoms with Gasteiger partial charge in [0.15, 0.2) is 17.4 Å². The molecule has 3 unspecified atom stereocenters. The first-order valence-corrected chi connectivity index (χ1v) is 7.29. The van der Waals surface area contributed by atoms with Crippen molar-refractivity contribution in [3.63, 3.8) is 0 Å². The molecule has 2 aromatic heterocycles. The number of ether oxygens (including phenoxy) is 1. The van der Waals surface area contributed by atoms with Gasteiger partial charge in [-0.2, -0.15) is 10.2 Å². The number of H-pyrrole nitrogens is 1.